The second kappa shape index (κ2) is 5.93. The Morgan fingerprint density at radius 3 is 3.18 bits per heavy atom. The van der Waals surface area contributed by atoms with Gasteiger partial charge in [-0.15, -0.1) is 11.3 Å². The summed E-state index contributed by atoms with van der Waals surface area (Å²) in [6, 6.07) is 1.84. The number of fused-ring (bicyclic) bond motifs is 1. The number of nitrogens with zero attached hydrogens (tertiary/aromatic N) is 2. The molecule has 2 rings (SSSR count). The van der Waals surface area contributed by atoms with E-state index in [0.717, 1.165) is 23.3 Å². The minimum atomic E-state index is 0.0635. The summed E-state index contributed by atoms with van der Waals surface area (Å²) in [4.78, 5) is 17.1. The molecule has 4 nitrogen and oxygen atoms in total. The smallest absolute Gasteiger partial charge is 0.262 e. The quantitative estimate of drug-likeness (QED) is 0.797. The molecule has 0 unspecified atom stereocenters. The summed E-state index contributed by atoms with van der Waals surface area (Å²) >= 11 is 1.51. The number of aromatic nitrogens is 2. The van der Waals surface area contributed by atoms with Gasteiger partial charge in [0.1, 0.15) is 4.83 Å². The molecule has 0 spiro atoms. The molecule has 0 atom stereocenters. The van der Waals surface area contributed by atoms with E-state index in [1.54, 1.807) is 10.9 Å². The number of hydrogen-bond acceptors (Lipinski definition) is 4. The Morgan fingerprint density at radius 2 is 2.35 bits per heavy atom. The van der Waals surface area contributed by atoms with E-state index < -0.39 is 0 Å². The Hall–Kier alpha value is -1.20. The Labute approximate surface area is 104 Å². The van der Waals surface area contributed by atoms with Crippen molar-refractivity contribution in [3.63, 3.8) is 0 Å². The van der Waals surface area contributed by atoms with Gasteiger partial charge in [-0.05, 0) is 24.4 Å². The molecule has 17 heavy (non-hydrogen) atoms. The molecule has 0 aliphatic carbocycles. The Kier molecular flexibility index (Phi) is 4.28. The standard InChI is InChI=1S/C12H17N3OS/c1-2-3-5-13-6-7-15-9-14-11-10(12(15)16)4-8-17-11/h4,8-9,13H,2-3,5-7H2,1H3. The normalized spacial score (nSPS) is 11.1. The SMILES string of the molecule is CCCCNCCn1cnc2sccc2c1=O. The van der Waals surface area contributed by atoms with E-state index in [2.05, 4.69) is 17.2 Å². The van der Waals surface area contributed by atoms with Crippen LogP contribution >= 0.6 is 11.3 Å². The molecule has 0 aromatic carbocycles. The van der Waals surface area contributed by atoms with Crippen molar-refractivity contribution >= 4 is 21.6 Å². The number of hydrogen-bond donors (Lipinski definition) is 1. The first-order valence-corrected chi connectivity index (χ1v) is 6.84. The molecular weight excluding hydrogens is 234 g/mol. The van der Waals surface area contributed by atoms with Crippen molar-refractivity contribution < 1.29 is 0 Å². The van der Waals surface area contributed by atoms with Crippen LogP contribution in [0, 0.1) is 0 Å². The lowest BCUT2D eigenvalue weighted by atomic mass is 10.3. The number of unbranched alkanes of at least 4 members (excludes halogenated alkanes) is 1. The van der Waals surface area contributed by atoms with Crippen LogP contribution in [0.4, 0.5) is 0 Å². The van der Waals surface area contributed by atoms with Crippen molar-refractivity contribution in [2.75, 3.05) is 13.1 Å². The van der Waals surface area contributed by atoms with Crippen molar-refractivity contribution in [3.8, 4) is 0 Å². The first kappa shape index (κ1) is 12.3. The Morgan fingerprint density at radius 1 is 1.47 bits per heavy atom. The van der Waals surface area contributed by atoms with Gasteiger partial charge in [-0.1, -0.05) is 13.3 Å². The number of rotatable bonds is 6. The summed E-state index contributed by atoms with van der Waals surface area (Å²) in [7, 11) is 0. The van der Waals surface area contributed by atoms with Gasteiger partial charge in [0.25, 0.3) is 5.56 Å². The van der Waals surface area contributed by atoms with Gasteiger partial charge in [0, 0.05) is 13.1 Å². The van der Waals surface area contributed by atoms with Gasteiger partial charge in [-0.3, -0.25) is 9.36 Å². The van der Waals surface area contributed by atoms with Crippen LogP contribution in [0.5, 0.6) is 0 Å². The minimum Gasteiger partial charge on any atom is -0.315 e. The van der Waals surface area contributed by atoms with Crippen LogP contribution in [-0.2, 0) is 6.54 Å². The third kappa shape index (κ3) is 2.92. The van der Waals surface area contributed by atoms with E-state index >= 15 is 0 Å². The van der Waals surface area contributed by atoms with Crippen LogP contribution in [0.25, 0.3) is 10.2 Å². The van der Waals surface area contributed by atoms with Gasteiger partial charge in [0.15, 0.2) is 0 Å². The third-order valence-corrected chi connectivity index (χ3v) is 3.51. The fraction of sp³-hybridized carbons (Fsp3) is 0.500. The fourth-order valence-corrected chi connectivity index (χ4v) is 2.40. The predicted octanol–water partition coefficient (Wildman–Crippen LogP) is 1.85. The molecule has 0 aliphatic heterocycles. The van der Waals surface area contributed by atoms with Crippen LogP contribution in [0.3, 0.4) is 0 Å². The number of nitrogens with one attached hydrogen (secondary N) is 1. The zero-order valence-electron chi connectivity index (χ0n) is 9.98. The average molecular weight is 251 g/mol. The molecule has 0 bridgehead atoms. The molecule has 0 saturated heterocycles. The topological polar surface area (TPSA) is 46.9 Å². The van der Waals surface area contributed by atoms with E-state index in [0.29, 0.717) is 6.54 Å². The van der Waals surface area contributed by atoms with Gasteiger partial charge in [-0.2, -0.15) is 0 Å². The highest BCUT2D eigenvalue weighted by Gasteiger charge is 2.03. The maximum Gasteiger partial charge on any atom is 0.262 e. The highest BCUT2D eigenvalue weighted by Crippen LogP contribution is 2.12. The van der Waals surface area contributed by atoms with Crippen LogP contribution in [0.15, 0.2) is 22.6 Å². The summed E-state index contributed by atoms with van der Waals surface area (Å²) in [5.41, 5.74) is 0.0635. The van der Waals surface area contributed by atoms with Crippen LogP contribution in [0.2, 0.25) is 0 Å². The first-order valence-electron chi connectivity index (χ1n) is 5.96. The van der Waals surface area contributed by atoms with Crippen molar-refractivity contribution in [1.82, 2.24) is 14.9 Å². The predicted molar refractivity (Wildman–Crippen MR) is 71.7 cm³/mol. The zero-order chi connectivity index (χ0) is 12.1. The maximum atomic E-state index is 12.0. The van der Waals surface area contributed by atoms with Crippen molar-refractivity contribution in [2.45, 2.75) is 26.3 Å². The highest BCUT2D eigenvalue weighted by atomic mass is 32.1. The summed E-state index contributed by atoms with van der Waals surface area (Å²) in [6.45, 7) is 4.68. The zero-order valence-corrected chi connectivity index (χ0v) is 10.8. The van der Waals surface area contributed by atoms with Crippen LogP contribution < -0.4 is 10.9 Å². The lowest BCUT2D eigenvalue weighted by Crippen LogP contribution is -2.27. The molecule has 1 N–H and O–H groups in total. The molecule has 5 heteroatoms. The summed E-state index contributed by atoms with van der Waals surface area (Å²) in [5, 5.41) is 5.95. The Balaban J connectivity index is 1.99. The summed E-state index contributed by atoms with van der Waals surface area (Å²) in [5.74, 6) is 0. The average Bonchev–Trinajstić information content (AvgIpc) is 2.80. The number of thiophene rings is 1. The van der Waals surface area contributed by atoms with Crippen molar-refractivity contribution in [3.05, 3.63) is 28.1 Å². The summed E-state index contributed by atoms with van der Waals surface area (Å²) < 4.78 is 1.67. The molecule has 92 valence electrons. The maximum absolute atomic E-state index is 12.0. The lowest BCUT2D eigenvalue weighted by molar-refractivity contribution is 0.568. The molecule has 2 heterocycles. The van der Waals surface area contributed by atoms with E-state index in [1.807, 2.05) is 11.4 Å². The molecule has 0 fully saturated rings. The van der Waals surface area contributed by atoms with Crippen LogP contribution in [-0.4, -0.2) is 22.6 Å². The molecule has 2 aromatic heterocycles. The Bertz CT molecular complexity index is 532. The van der Waals surface area contributed by atoms with Gasteiger partial charge >= 0.3 is 0 Å². The van der Waals surface area contributed by atoms with Gasteiger partial charge in [-0.25, -0.2) is 4.98 Å². The monoisotopic (exact) mass is 251 g/mol. The van der Waals surface area contributed by atoms with Crippen molar-refractivity contribution in [1.29, 1.82) is 0 Å². The van der Waals surface area contributed by atoms with E-state index in [4.69, 9.17) is 0 Å². The molecule has 0 amide bonds. The van der Waals surface area contributed by atoms with E-state index in [9.17, 15) is 4.79 Å². The molecule has 0 radical (unpaired) electrons. The third-order valence-electron chi connectivity index (χ3n) is 2.69. The van der Waals surface area contributed by atoms with Crippen molar-refractivity contribution in [2.24, 2.45) is 0 Å². The second-order valence-electron chi connectivity index (χ2n) is 3.99. The van der Waals surface area contributed by atoms with Crippen LogP contribution in [0.1, 0.15) is 19.8 Å². The highest BCUT2D eigenvalue weighted by molar-refractivity contribution is 7.16. The first-order chi connectivity index (χ1) is 8.33. The molecule has 0 saturated carbocycles. The minimum absolute atomic E-state index is 0.0635. The molecular formula is C12H17N3OS. The van der Waals surface area contributed by atoms with Gasteiger partial charge in [0.2, 0.25) is 0 Å². The summed E-state index contributed by atoms with van der Waals surface area (Å²) in [6.07, 6.45) is 4.01. The van der Waals surface area contributed by atoms with E-state index in [1.165, 1.54) is 24.2 Å². The second-order valence-corrected chi connectivity index (χ2v) is 4.88. The molecule has 2 aromatic rings. The fourth-order valence-electron chi connectivity index (χ4n) is 1.68. The van der Waals surface area contributed by atoms with Gasteiger partial charge in [0.05, 0.1) is 11.7 Å². The van der Waals surface area contributed by atoms with E-state index in [-0.39, 0.29) is 5.56 Å². The lowest BCUT2D eigenvalue weighted by Gasteiger charge is -2.06. The molecule has 0 aliphatic rings. The van der Waals surface area contributed by atoms with Gasteiger partial charge < -0.3 is 5.32 Å². The largest absolute Gasteiger partial charge is 0.315 e.